The SMILES string of the molecule is C=CC(=O)Nc1ccc2c(N3CCCC(Nc4ncc(C#N)c(OC)n4)C3)nn(C)c2c1. The molecule has 32 heavy (non-hydrogen) atoms. The summed E-state index contributed by atoms with van der Waals surface area (Å²) in [5.74, 6) is 1.33. The highest BCUT2D eigenvalue weighted by molar-refractivity contribution is 6.01. The van der Waals surface area contributed by atoms with Crippen LogP contribution < -0.4 is 20.3 Å². The van der Waals surface area contributed by atoms with E-state index < -0.39 is 0 Å². The highest BCUT2D eigenvalue weighted by Gasteiger charge is 2.25. The van der Waals surface area contributed by atoms with E-state index in [4.69, 9.17) is 15.1 Å². The fourth-order valence-electron chi connectivity index (χ4n) is 3.88. The number of benzene rings is 1. The number of fused-ring (bicyclic) bond motifs is 1. The second-order valence-electron chi connectivity index (χ2n) is 7.53. The molecule has 2 aromatic heterocycles. The lowest BCUT2D eigenvalue weighted by Gasteiger charge is -2.33. The van der Waals surface area contributed by atoms with Crippen molar-refractivity contribution in [2.24, 2.45) is 7.05 Å². The van der Waals surface area contributed by atoms with Gasteiger partial charge in [-0.15, -0.1) is 0 Å². The lowest BCUT2D eigenvalue weighted by Crippen LogP contribution is -2.42. The predicted octanol–water partition coefficient (Wildman–Crippen LogP) is 2.45. The molecule has 4 rings (SSSR count). The van der Waals surface area contributed by atoms with E-state index in [1.54, 1.807) is 0 Å². The van der Waals surface area contributed by atoms with Crippen LogP contribution in [0.4, 0.5) is 17.5 Å². The Morgan fingerprint density at radius 1 is 1.44 bits per heavy atom. The Bertz CT molecular complexity index is 1210. The van der Waals surface area contributed by atoms with Crippen molar-refractivity contribution in [3.63, 3.8) is 0 Å². The number of aryl methyl sites for hydroxylation is 1. The molecule has 0 saturated carbocycles. The number of piperidine rings is 1. The van der Waals surface area contributed by atoms with Crippen molar-refractivity contribution in [3.8, 4) is 11.9 Å². The molecule has 3 aromatic rings. The molecule has 3 heterocycles. The van der Waals surface area contributed by atoms with Gasteiger partial charge in [0.25, 0.3) is 0 Å². The molecule has 1 atom stereocenters. The molecule has 0 radical (unpaired) electrons. The van der Waals surface area contributed by atoms with Crippen LogP contribution in [0.1, 0.15) is 18.4 Å². The molecule has 1 aliphatic rings. The predicted molar refractivity (Wildman–Crippen MR) is 122 cm³/mol. The Kier molecular flexibility index (Phi) is 5.89. The number of nitrogens with one attached hydrogen (secondary N) is 2. The zero-order chi connectivity index (χ0) is 22.7. The van der Waals surface area contributed by atoms with E-state index in [1.165, 1.54) is 19.4 Å². The van der Waals surface area contributed by atoms with Gasteiger partial charge in [0.05, 0.1) is 18.8 Å². The number of hydrogen-bond donors (Lipinski definition) is 2. The Balaban J connectivity index is 1.54. The molecule has 0 spiro atoms. The van der Waals surface area contributed by atoms with Gasteiger partial charge in [0, 0.05) is 37.3 Å². The summed E-state index contributed by atoms with van der Waals surface area (Å²) in [5.41, 5.74) is 1.92. The van der Waals surface area contributed by atoms with Gasteiger partial charge in [0.2, 0.25) is 17.7 Å². The number of nitriles is 1. The maximum Gasteiger partial charge on any atom is 0.247 e. The van der Waals surface area contributed by atoms with Crippen molar-refractivity contribution < 1.29 is 9.53 Å². The molecule has 10 heteroatoms. The number of anilines is 3. The molecule has 0 aliphatic carbocycles. The Morgan fingerprint density at radius 3 is 3.03 bits per heavy atom. The van der Waals surface area contributed by atoms with Gasteiger partial charge in [-0.3, -0.25) is 9.48 Å². The van der Waals surface area contributed by atoms with Crippen LogP contribution in [0.25, 0.3) is 10.9 Å². The summed E-state index contributed by atoms with van der Waals surface area (Å²) < 4.78 is 7.00. The first-order chi connectivity index (χ1) is 15.5. The van der Waals surface area contributed by atoms with E-state index in [0.717, 1.165) is 42.7 Å². The summed E-state index contributed by atoms with van der Waals surface area (Å²) >= 11 is 0. The first kappa shape index (κ1) is 21.1. The van der Waals surface area contributed by atoms with Gasteiger partial charge in [-0.05, 0) is 37.1 Å². The van der Waals surface area contributed by atoms with Crippen LogP contribution in [0, 0.1) is 11.3 Å². The molecule has 0 bridgehead atoms. The molecule has 1 aromatic carbocycles. The van der Waals surface area contributed by atoms with E-state index in [9.17, 15) is 4.79 Å². The van der Waals surface area contributed by atoms with E-state index >= 15 is 0 Å². The fraction of sp³-hybridized carbons (Fsp3) is 0.318. The molecule has 1 fully saturated rings. The van der Waals surface area contributed by atoms with Crippen LogP contribution >= 0.6 is 0 Å². The van der Waals surface area contributed by atoms with Crippen molar-refractivity contribution in [1.29, 1.82) is 5.26 Å². The quantitative estimate of drug-likeness (QED) is 0.570. The average molecular weight is 432 g/mol. The van der Waals surface area contributed by atoms with Crippen LogP contribution in [-0.4, -0.2) is 51.9 Å². The molecule has 1 saturated heterocycles. The van der Waals surface area contributed by atoms with Gasteiger partial charge < -0.3 is 20.3 Å². The largest absolute Gasteiger partial charge is 0.480 e. The number of rotatable bonds is 6. The third-order valence-corrected chi connectivity index (χ3v) is 5.41. The molecule has 164 valence electrons. The van der Waals surface area contributed by atoms with Crippen molar-refractivity contribution in [3.05, 3.63) is 42.6 Å². The molecule has 10 nitrogen and oxygen atoms in total. The zero-order valence-electron chi connectivity index (χ0n) is 18.0. The third-order valence-electron chi connectivity index (χ3n) is 5.41. The van der Waals surface area contributed by atoms with Crippen molar-refractivity contribution >= 4 is 34.3 Å². The zero-order valence-corrected chi connectivity index (χ0v) is 18.0. The molecule has 1 unspecified atom stereocenters. The summed E-state index contributed by atoms with van der Waals surface area (Å²) in [6, 6.07) is 7.88. The van der Waals surface area contributed by atoms with Crippen LogP contribution in [0.15, 0.2) is 37.1 Å². The minimum atomic E-state index is -0.252. The van der Waals surface area contributed by atoms with Gasteiger partial charge >= 0.3 is 0 Å². The molecule has 2 N–H and O–H groups in total. The summed E-state index contributed by atoms with van der Waals surface area (Å²) in [6.45, 7) is 5.10. The molecular weight excluding hydrogens is 408 g/mol. The third kappa shape index (κ3) is 4.18. The number of ether oxygens (including phenoxy) is 1. The number of nitrogens with zero attached hydrogens (tertiary/aromatic N) is 6. The summed E-state index contributed by atoms with van der Waals surface area (Å²) in [4.78, 5) is 22.4. The minimum Gasteiger partial charge on any atom is -0.480 e. The van der Waals surface area contributed by atoms with E-state index in [1.807, 2.05) is 36.0 Å². The highest BCUT2D eigenvalue weighted by atomic mass is 16.5. The van der Waals surface area contributed by atoms with Gasteiger partial charge in [-0.25, -0.2) is 4.98 Å². The number of carbonyl (C=O) groups excluding carboxylic acids is 1. The Labute approximate surface area is 185 Å². The van der Waals surface area contributed by atoms with Gasteiger partial charge in [-0.1, -0.05) is 6.58 Å². The molecule has 1 aliphatic heterocycles. The topological polar surface area (TPSA) is 121 Å². The number of carbonyl (C=O) groups is 1. The van der Waals surface area contributed by atoms with Gasteiger partial charge in [0.15, 0.2) is 5.82 Å². The average Bonchev–Trinajstić information content (AvgIpc) is 3.15. The molecular formula is C22H24N8O2. The van der Waals surface area contributed by atoms with Crippen LogP contribution in [0.5, 0.6) is 5.88 Å². The first-order valence-electron chi connectivity index (χ1n) is 10.2. The lowest BCUT2D eigenvalue weighted by molar-refractivity contribution is -0.111. The highest BCUT2D eigenvalue weighted by Crippen LogP contribution is 2.30. The monoisotopic (exact) mass is 432 g/mol. The number of aromatic nitrogens is 4. The summed E-state index contributed by atoms with van der Waals surface area (Å²) in [7, 11) is 3.37. The second kappa shape index (κ2) is 8.93. The van der Waals surface area contributed by atoms with Crippen molar-refractivity contribution in [2.75, 3.05) is 35.7 Å². The van der Waals surface area contributed by atoms with E-state index in [0.29, 0.717) is 17.2 Å². The lowest BCUT2D eigenvalue weighted by atomic mass is 10.1. The standard InChI is InChI=1S/C22H24N8O2/c1-4-19(31)25-15-7-8-17-18(10-15)29(2)28-20(17)30-9-5-6-16(13-30)26-22-24-12-14(11-23)21(27-22)32-3/h4,7-8,10,12,16H,1,5-6,9,13H2,2-3H3,(H,25,31)(H,24,26,27). The van der Waals surface area contributed by atoms with E-state index in [2.05, 4.69) is 32.1 Å². The number of hydrogen-bond acceptors (Lipinski definition) is 8. The second-order valence-corrected chi connectivity index (χ2v) is 7.53. The first-order valence-corrected chi connectivity index (χ1v) is 10.2. The normalized spacial score (nSPS) is 15.8. The fourth-order valence-corrected chi connectivity index (χ4v) is 3.88. The van der Waals surface area contributed by atoms with Crippen molar-refractivity contribution in [2.45, 2.75) is 18.9 Å². The maximum absolute atomic E-state index is 11.6. The van der Waals surface area contributed by atoms with Gasteiger partial charge in [0.1, 0.15) is 11.6 Å². The smallest absolute Gasteiger partial charge is 0.247 e. The van der Waals surface area contributed by atoms with Crippen LogP contribution in [0.2, 0.25) is 0 Å². The Morgan fingerprint density at radius 2 is 2.28 bits per heavy atom. The van der Waals surface area contributed by atoms with Crippen LogP contribution in [-0.2, 0) is 11.8 Å². The minimum absolute atomic E-state index is 0.115. The number of methoxy groups -OCH3 is 1. The van der Waals surface area contributed by atoms with E-state index in [-0.39, 0.29) is 17.8 Å². The summed E-state index contributed by atoms with van der Waals surface area (Å²) in [6.07, 6.45) is 4.65. The van der Waals surface area contributed by atoms with Crippen molar-refractivity contribution in [1.82, 2.24) is 19.7 Å². The molecule has 1 amide bonds. The Hall–Kier alpha value is -4.13. The van der Waals surface area contributed by atoms with Gasteiger partial charge in [-0.2, -0.15) is 15.3 Å². The maximum atomic E-state index is 11.6. The van der Waals surface area contributed by atoms with Crippen LogP contribution in [0.3, 0.4) is 0 Å². The summed E-state index contributed by atoms with van der Waals surface area (Å²) in [5, 5.41) is 21.0. The number of amides is 1.